The molecule has 0 saturated carbocycles. The van der Waals surface area contributed by atoms with Crippen LogP contribution < -0.4 is 4.72 Å². The number of esters is 1. The third-order valence-corrected chi connectivity index (χ3v) is 4.45. The van der Waals surface area contributed by atoms with Crippen LogP contribution in [0.4, 0.5) is 0 Å². The first-order valence-electron chi connectivity index (χ1n) is 5.44. The molecule has 0 aliphatic rings. The molecule has 7 nitrogen and oxygen atoms in total. The molecule has 0 radical (unpaired) electrons. The maximum atomic E-state index is 11.9. The lowest BCUT2D eigenvalue weighted by Gasteiger charge is -2.26. The summed E-state index contributed by atoms with van der Waals surface area (Å²) in [4.78, 5) is 22.3. The highest BCUT2D eigenvalue weighted by Crippen LogP contribution is 2.16. The van der Waals surface area contributed by atoms with Crippen molar-refractivity contribution in [3.63, 3.8) is 0 Å². The van der Waals surface area contributed by atoms with E-state index in [1.54, 1.807) is 6.92 Å². The summed E-state index contributed by atoms with van der Waals surface area (Å²) in [5.74, 6) is -2.23. The van der Waals surface area contributed by atoms with Crippen molar-refractivity contribution in [2.75, 3.05) is 7.11 Å². The maximum Gasteiger partial charge on any atom is 0.325 e. The van der Waals surface area contributed by atoms with E-state index in [-0.39, 0.29) is 6.42 Å². The van der Waals surface area contributed by atoms with E-state index < -0.39 is 32.8 Å². The highest BCUT2D eigenvalue weighted by Gasteiger charge is 2.40. The predicted octanol–water partition coefficient (Wildman–Crippen LogP) is 0.111. The van der Waals surface area contributed by atoms with Crippen LogP contribution in [0.2, 0.25) is 0 Å². The summed E-state index contributed by atoms with van der Waals surface area (Å²) in [5.41, 5.74) is -1.63. The molecule has 2 unspecified atom stereocenters. The van der Waals surface area contributed by atoms with E-state index in [0.717, 1.165) is 14.0 Å². The van der Waals surface area contributed by atoms with Crippen LogP contribution in [0.15, 0.2) is 0 Å². The lowest BCUT2D eigenvalue weighted by Crippen LogP contribution is -2.55. The fourth-order valence-electron chi connectivity index (χ4n) is 1.40. The van der Waals surface area contributed by atoms with E-state index in [4.69, 9.17) is 5.11 Å². The van der Waals surface area contributed by atoms with Crippen LogP contribution in [-0.4, -0.2) is 43.4 Å². The second-order valence-electron chi connectivity index (χ2n) is 4.20. The average molecular weight is 281 g/mol. The van der Waals surface area contributed by atoms with Crippen LogP contribution >= 0.6 is 0 Å². The number of carbonyl (C=O) groups excluding carboxylic acids is 1. The monoisotopic (exact) mass is 281 g/mol. The summed E-state index contributed by atoms with van der Waals surface area (Å²) in [6, 6.07) is 0. The summed E-state index contributed by atoms with van der Waals surface area (Å²) in [6.07, 6.45) is 0.605. The SMILES string of the molecule is CCCC(C)(NS(=O)(=O)C(C)C(=O)OC)C(=O)O. The predicted molar refractivity (Wildman–Crippen MR) is 64.5 cm³/mol. The zero-order valence-electron chi connectivity index (χ0n) is 10.9. The van der Waals surface area contributed by atoms with Gasteiger partial charge in [-0.05, 0) is 20.3 Å². The fraction of sp³-hybridized carbons (Fsp3) is 0.800. The third-order valence-electron chi connectivity index (χ3n) is 2.59. The lowest BCUT2D eigenvalue weighted by atomic mass is 9.98. The molecule has 0 saturated heterocycles. The van der Waals surface area contributed by atoms with Crippen molar-refractivity contribution in [3.8, 4) is 0 Å². The molecule has 0 aliphatic carbocycles. The van der Waals surface area contributed by atoms with Gasteiger partial charge in [-0.15, -0.1) is 0 Å². The van der Waals surface area contributed by atoms with Gasteiger partial charge in [0, 0.05) is 0 Å². The number of carboxylic acids is 1. The Morgan fingerprint density at radius 2 is 1.94 bits per heavy atom. The zero-order chi connectivity index (χ0) is 14.6. The van der Waals surface area contributed by atoms with Gasteiger partial charge in [0.1, 0.15) is 5.54 Å². The van der Waals surface area contributed by atoms with Crippen LogP contribution in [0.3, 0.4) is 0 Å². The van der Waals surface area contributed by atoms with Crippen LogP contribution in [0, 0.1) is 0 Å². The molecule has 2 N–H and O–H groups in total. The topological polar surface area (TPSA) is 110 Å². The van der Waals surface area contributed by atoms with E-state index in [9.17, 15) is 18.0 Å². The molecule has 18 heavy (non-hydrogen) atoms. The number of ether oxygens (including phenoxy) is 1. The molecule has 0 amide bonds. The number of rotatable bonds is 7. The average Bonchev–Trinajstić information content (AvgIpc) is 2.26. The molecule has 0 aromatic heterocycles. The molecular formula is C10H19NO6S. The smallest absolute Gasteiger partial charge is 0.325 e. The van der Waals surface area contributed by atoms with Crippen LogP contribution in [-0.2, 0) is 24.3 Å². The van der Waals surface area contributed by atoms with Crippen molar-refractivity contribution >= 4 is 22.0 Å². The number of nitrogens with one attached hydrogen (secondary N) is 1. The molecule has 0 aliphatic heterocycles. The molecule has 106 valence electrons. The highest BCUT2D eigenvalue weighted by atomic mass is 32.2. The summed E-state index contributed by atoms with van der Waals surface area (Å²) in [7, 11) is -3.04. The largest absolute Gasteiger partial charge is 0.480 e. The fourth-order valence-corrected chi connectivity index (χ4v) is 2.74. The Morgan fingerprint density at radius 1 is 1.44 bits per heavy atom. The van der Waals surface area contributed by atoms with Gasteiger partial charge in [0.2, 0.25) is 10.0 Å². The Labute approximate surface area is 107 Å². The van der Waals surface area contributed by atoms with Gasteiger partial charge >= 0.3 is 11.9 Å². The summed E-state index contributed by atoms with van der Waals surface area (Å²) in [6.45, 7) is 4.14. The number of hydrogen-bond acceptors (Lipinski definition) is 5. The number of carboxylic acid groups (broad SMARTS) is 1. The Balaban J connectivity index is 5.16. The van der Waals surface area contributed by atoms with Gasteiger partial charge in [0.05, 0.1) is 7.11 Å². The molecule has 0 aromatic carbocycles. The molecule has 0 heterocycles. The summed E-state index contributed by atoms with van der Waals surface area (Å²) < 4.78 is 30.1. The molecule has 8 heteroatoms. The molecule has 2 atom stereocenters. The van der Waals surface area contributed by atoms with Crippen molar-refractivity contribution in [3.05, 3.63) is 0 Å². The number of aliphatic carboxylic acids is 1. The number of hydrogen-bond donors (Lipinski definition) is 2. The second kappa shape index (κ2) is 6.14. The Kier molecular flexibility index (Phi) is 5.75. The van der Waals surface area contributed by atoms with Gasteiger partial charge in [0.15, 0.2) is 5.25 Å². The van der Waals surface area contributed by atoms with Gasteiger partial charge in [-0.25, -0.2) is 8.42 Å². The second-order valence-corrected chi connectivity index (χ2v) is 6.20. The zero-order valence-corrected chi connectivity index (χ0v) is 11.7. The maximum absolute atomic E-state index is 11.9. The lowest BCUT2D eigenvalue weighted by molar-refractivity contribution is -0.144. The van der Waals surface area contributed by atoms with Gasteiger partial charge < -0.3 is 9.84 Å². The summed E-state index contributed by atoms with van der Waals surface area (Å²) >= 11 is 0. The van der Waals surface area contributed by atoms with Crippen molar-refractivity contribution in [1.82, 2.24) is 4.72 Å². The quantitative estimate of drug-likeness (QED) is 0.641. The van der Waals surface area contributed by atoms with Crippen molar-refractivity contribution < 1.29 is 27.9 Å². The Morgan fingerprint density at radius 3 is 2.28 bits per heavy atom. The first kappa shape index (κ1) is 16.9. The van der Waals surface area contributed by atoms with Crippen molar-refractivity contribution in [1.29, 1.82) is 0 Å². The normalized spacial score (nSPS) is 16.7. The molecule has 0 fully saturated rings. The standard InChI is InChI=1S/C10H19NO6S/c1-5-6-10(3,9(13)14)11-18(15,16)7(2)8(12)17-4/h7,11H,5-6H2,1-4H3,(H,13,14). The molecule has 0 aromatic rings. The van der Waals surface area contributed by atoms with E-state index in [1.165, 1.54) is 6.92 Å². The van der Waals surface area contributed by atoms with Crippen LogP contribution in [0.1, 0.15) is 33.6 Å². The molecule has 0 spiro atoms. The van der Waals surface area contributed by atoms with Crippen molar-refractivity contribution in [2.45, 2.75) is 44.4 Å². The molecule has 0 bridgehead atoms. The first-order chi connectivity index (χ1) is 8.10. The Bertz CT molecular complexity index is 418. The summed E-state index contributed by atoms with van der Waals surface area (Å²) in [5, 5.41) is 7.60. The number of sulfonamides is 1. The van der Waals surface area contributed by atoms with Crippen LogP contribution in [0.5, 0.6) is 0 Å². The van der Waals surface area contributed by atoms with Gasteiger partial charge in [-0.1, -0.05) is 13.3 Å². The minimum absolute atomic E-state index is 0.120. The van der Waals surface area contributed by atoms with E-state index in [2.05, 4.69) is 9.46 Å². The molecular weight excluding hydrogens is 262 g/mol. The van der Waals surface area contributed by atoms with Gasteiger partial charge in [-0.2, -0.15) is 4.72 Å². The Hall–Kier alpha value is -1.15. The van der Waals surface area contributed by atoms with Crippen LogP contribution in [0.25, 0.3) is 0 Å². The third kappa shape index (κ3) is 3.95. The van der Waals surface area contributed by atoms with Gasteiger partial charge in [0.25, 0.3) is 0 Å². The van der Waals surface area contributed by atoms with E-state index in [0.29, 0.717) is 6.42 Å². The first-order valence-corrected chi connectivity index (χ1v) is 6.99. The highest BCUT2D eigenvalue weighted by molar-refractivity contribution is 7.90. The van der Waals surface area contributed by atoms with Crippen molar-refractivity contribution in [2.24, 2.45) is 0 Å². The minimum atomic E-state index is -4.10. The number of carbonyl (C=O) groups is 2. The van der Waals surface area contributed by atoms with E-state index >= 15 is 0 Å². The van der Waals surface area contributed by atoms with E-state index in [1.807, 2.05) is 0 Å². The number of methoxy groups -OCH3 is 1. The molecule has 0 rings (SSSR count). The minimum Gasteiger partial charge on any atom is -0.480 e. The van der Waals surface area contributed by atoms with Gasteiger partial charge in [-0.3, -0.25) is 9.59 Å².